The Balaban J connectivity index is 1.81. The molecule has 1 saturated heterocycles. The van der Waals surface area contributed by atoms with Crippen molar-refractivity contribution >= 4 is 27.0 Å². The zero-order valence-corrected chi connectivity index (χ0v) is 14.8. The maximum absolute atomic E-state index is 12.7. The summed E-state index contributed by atoms with van der Waals surface area (Å²) in [6.45, 7) is 5.24. The van der Waals surface area contributed by atoms with E-state index in [0.29, 0.717) is 37.3 Å². The number of rotatable bonds is 2. The van der Waals surface area contributed by atoms with Gasteiger partial charge in [0, 0.05) is 31.7 Å². The number of nitrogens with zero attached hydrogens (tertiary/aromatic N) is 4. The zero-order valence-electron chi connectivity index (χ0n) is 14.0. The Kier molecular flexibility index (Phi) is 4.27. The summed E-state index contributed by atoms with van der Waals surface area (Å²) >= 11 is 0. The highest BCUT2D eigenvalue weighted by atomic mass is 32.2. The molecule has 0 saturated carbocycles. The average molecular weight is 348 g/mol. The quantitative estimate of drug-likeness (QED) is 0.807. The van der Waals surface area contributed by atoms with Crippen LogP contribution < -0.4 is 0 Å². The molecule has 128 valence electrons. The van der Waals surface area contributed by atoms with Crippen molar-refractivity contribution in [2.45, 2.75) is 13.8 Å². The largest absolute Gasteiger partial charge is 0.336 e. The van der Waals surface area contributed by atoms with Crippen LogP contribution in [0.3, 0.4) is 0 Å². The van der Waals surface area contributed by atoms with Gasteiger partial charge in [-0.2, -0.15) is 4.31 Å². The zero-order chi connectivity index (χ0) is 17.5. The van der Waals surface area contributed by atoms with Crippen molar-refractivity contribution in [1.82, 2.24) is 19.2 Å². The number of hydrogen-bond donors (Lipinski definition) is 0. The van der Waals surface area contributed by atoms with Crippen LogP contribution in [0.1, 0.15) is 21.7 Å². The van der Waals surface area contributed by atoms with E-state index in [9.17, 15) is 13.2 Å². The third-order valence-electron chi connectivity index (χ3n) is 4.32. The molecule has 0 bridgehead atoms. The topological polar surface area (TPSA) is 83.5 Å². The lowest BCUT2D eigenvalue weighted by molar-refractivity contribution is 0.0698. The molecule has 0 atom stereocenters. The molecule has 1 aromatic heterocycles. The van der Waals surface area contributed by atoms with E-state index in [2.05, 4.69) is 9.97 Å². The van der Waals surface area contributed by atoms with Gasteiger partial charge in [0.25, 0.3) is 5.91 Å². The number of aryl methyl sites for hydroxylation is 2. The van der Waals surface area contributed by atoms with Crippen molar-refractivity contribution in [3.63, 3.8) is 0 Å². The molecule has 1 aliphatic heterocycles. The van der Waals surface area contributed by atoms with Gasteiger partial charge in [0.05, 0.1) is 28.7 Å². The van der Waals surface area contributed by atoms with Crippen LogP contribution in [0.25, 0.3) is 11.0 Å². The van der Waals surface area contributed by atoms with E-state index in [4.69, 9.17) is 0 Å². The summed E-state index contributed by atoms with van der Waals surface area (Å²) < 4.78 is 24.5. The smallest absolute Gasteiger partial charge is 0.254 e. The van der Waals surface area contributed by atoms with E-state index >= 15 is 0 Å². The van der Waals surface area contributed by atoms with E-state index in [1.54, 1.807) is 23.1 Å². The Morgan fingerprint density at radius 2 is 1.58 bits per heavy atom. The van der Waals surface area contributed by atoms with Crippen LogP contribution >= 0.6 is 0 Å². The van der Waals surface area contributed by atoms with Crippen molar-refractivity contribution in [3.8, 4) is 0 Å². The van der Waals surface area contributed by atoms with Crippen molar-refractivity contribution in [2.24, 2.45) is 0 Å². The van der Waals surface area contributed by atoms with Crippen LogP contribution in [-0.2, 0) is 10.0 Å². The van der Waals surface area contributed by atoms with Gasteiger partial charge >= 0.3 is 0 Å². The molecule has 1 aliphatic rings. The molecule has 1 aromatic carbocycles. The standard InChI is InChI=1S/C16H20N4O3S/c1-11-12(2)18-15-10-13(4-5-14(15)17-11)16(21)19-6-8-20(9-7-19)24(3,22)23/h4-5,10H,6-9H2,1-3H3. The van der Waals surface area contributed by atoms with Gasteiger partial charge < -0.3 is 4.90 Å². The normalized spacial score (nSPS) is 16.5. The van der Waals surface area contributed by atoms with Crippen LogP contribution in [0, 0.1) is 13.8 Å². The highest BCUT2D eigenvalue weighted by Crippen LogP contribution is 2.17. The van der Waals surface area contributed by atoms with Crippen molar-refractivity contribution < 1.29 is 13.2 Å². The van der Waals surface area contributed by atoms with E-state index < -0.39 is 10.0 Å². The fourth-order valence-corrected chi connectivity index (χ4v) is 3.60. The monoisotopic (exact) mass is 348 g/mol. The van der Waals surface area contributed by atoms with Crippen LogP contribution in [0.5, 0.6) is 0 Å². The van der Waals surface area contributed by atoms with Gasteiger partial charge in [0.1, 0.15) is 0 Å². The Bertz CT molecular complexity index is 903. The SMILES string of the molecule is Cc1nc2ccc(C(=O)N3CCN(S(C)(=O)=O)CC3)cc2nc1C. The number of amides is 1. The number of piperazine rings is 1. The molecule has 1 fully saturated rings. The molecule has 0 aliphatic carbocycles. The summed E-state index contributed by atoms with van der Waals surface area (Å²) in [6, 6.07) is 5.30. The van der Waals surface area contributed by atoms with E-state index in [1.165, 1.54) is 10.6 Å². The Hall–Kier alpha value is -2.06. The molecule has 2 aromatic rings. The first-order chi connectivity index (χ1) is 11.3. The minimum Gasteiger partial charge on any atom is -0.336 e. The second-order valence-corrected chi connectivity index (χ2v) is 8.03. The van der Waals surface area contributed by atoms with Crippen LogP contribution in [0.15, 0.2) is 18.2 Å². The third-order valence-corrected chi connectivity index (χ3v) is 5.62. The first kappa shape index (κ1) is 16.8. The predicted octanol–water partition coefficient (Wildman–Crippen LogP) is 0.964. The van der Waals surface area contributed by atoms with E-state index in [0.717, 1.165) is 16.9 Å². The number of fused-ring (bicyclic) bond motifs is 1. The molecule has 3 rings (SSSR count). The van der Waals surface area contributed by atoms with Gasteiger partial charge in [0.2, 0.25) is 10.0 Å². The Morgan fingerprint density at radius 1 is 1.00 bits per heavy atom. The summed E-state index contributed by atoms with van der Waals surface area (Å²) in [5.41, 5.74) is 3.72. The van der Waals surface area contributed by atoms with Gasteiger partial charge in [-0.3, -0.25) is 4.79 Å². The third kappa shape index (κ3) is 3.25. The number of sulfonamides is 1. The molecule has 0 radical (unpaired) electrons. The second kappa shape index (κ2) is 6.10. The maximum Gasteiger partial charge on any atom is 0.254 e. The number of hydrogen-bond acceptors (Lipinski definition) is 5. The fraction of sp³-hybridized carbons (Fsp3) is 0.438. The Labute approximate surface area is 141 Å². The lowest BCUT2D eigenvalue weighted by atomic mass is 10.1. The maximum atomic E-state index is 12.7. The minimum absolute atomic E-state index is 0.106. The van der Waals surface area contributed by atoms with E-state index in [-0.39, 0.29) is 5.91 Å². The van der Waals surface area contributed by atoms with Crippen LogP contribution in [0.2, 0.25) is 0 Å². The number of aromatic nitrogens is 2. The molecule has 0 unspecified atom stereocenters. The van der Waals surface area contributed by atoms with Gasteiger partial charge in [0.15, 0.2) is 0 Å². The molecule has 2 heterocycles. The number of carbonyl (C=O) groups is 1. The van der Waals surface area contributed by atoms with Crippen molar-refractivity contribution in [2.75, 3.05) is 32.4 Å². The lowest BCUT2D eigenvalue weighted by Crippen LogP contribution is -2.50. The minimum atomic E-state index is -3.20. The van der Waals surface area contributed by atoms with Gasteiger partial charge in [-0.05, 0) is 32.0 Å². The van der Waals surface area contributed by atoms with Gasteiger partial charge in [-0.15, -0.1) is 0 Å². The number of benzene rings is 1. The Morgan fingerprint density at radius 3 is 2.17 bits per heavy atom. The number of carbonyl (C=O) groups excluding carboxylic acids is 1. The van der Waals surface area contributed by atoms with Crippen LogP contribution in [0.4, 0.5) is 0 Å². The molecule has 7 nitrogen and oxygen atoms in total. The van der Waals surface area contributed by atoms with Crippen LogP contribution in [-0.4, -0.2) is 65.9 Å². The molecule has 8 heteroatoms. The molecule has 24 heavy (non-hydrogen) atoms. The first-order valence-corrected chi connectivity index (χ1v) is 9.60. The predicted molar refractivity (Wildman–Crippen MR) is 91.3 cm³/mol. The molecule has 1 amide bonds. The van der Waals surface area contributed by atoms with Crippen molar-refractivity contribution in [3.05, 3.63) is 35.2 Å². The summed E-state index contributed by atoms with van der Waals surface area (Å²) in [5.74, 6) is -0.106. The molecule has 0 N–H and O–H groups in total. The molecular formula is C16H20N4O3S. The fourth-order valence-electron chi connectivity index (χ4n) is 2.77. The van der Waals surface area contributed by atoms with Crippen molar-refractivity contribution in [1.29, 1.82) is 0 Å². The van der Waals surface area contributed by atoms with E-state index in [1.807, 2.05) is 13.8 Å². The highest BCUT2D eigenvalue weighted by molar-refractivity contribution is 7.88. The van der Waals surface area contributed by atoms with Gasteiger partial charge in [-0.25, -0.2) is 18.4 Å². The summed E-state index contributed by atoms with van der Waals surface area (Å²) in [5, 5.41) is 0. The first-order valence-electron chi connectivity index (χ1n) is 7.75. The average Bonchev–Trinajstić information content (AvgIpc) is 2.54. The van der Waals surface area contributed by atoms with Gasteiger partial charge in [-0.1, -0.05) is 0 Å². The molecule has 0 spiro atoms. The summed E-state index contributed by atoms with van der Waals surface area (Å²) in [6.07, 6.45) is 1.19. The highest BCUT2D eigenvalue weighted by Gasteiger charge is 2.26. The summed E-state index contributed by atoms with van der Waals surface area (Å²) in [7, 11) is -3.20. The second-order valence-electron chi connectivity index (χ2n) is 6.05. The lowest BCUT2D eigenvalue weighted by Gasteiger charge is -2.33. The molecular weight excluding hydrogens is 328 g/mol. The summed E-state index contributed by atoms with van der Waals surface area (Å²) in [4.78, 5) is 23.3.